The number of phenols is 1. The summed E-state index contributed by atoms with van der Waals surface area (Å²) in [6, 6.07) is 8.86. The van der Waals surface area contributed by atoms with E-state index in [0.29, 0.717) is 5.56 Å². The van der Waals surface area contributed by atoms with Crippen LogP contribution in [0.2, 0.25) is 0 Å². The van der Waals surface area contributed by atoms with Crippen LogP contribution in [0.3, 0.4) is 0 Å². The quantitative estimate of drug-likeness (QED) is 0.370. The number of hydrogen-bond donors (Lipinski definition) is 5. The molecule has 1 aliphatic heterocycles. The van der Waals surface area contributed by atoms with E-state index in [2.05, 4.69) is 0 Å². The first kappa shape index (κ1) is 22.1. The zero-order valence-corrected chi connectivity index (χ0v) is 16.9. The number of aliphatic hydroxyl groups excluding tert-OH is 4. The Labute approximate surface area is 181 Å². The van der Waals surface area contributed by atoms with Crippen LogP contribution in [0.25, 0.3) is 22.1 Å². The molecule has 0 bridgehead atoms. The van der Waals surface area contributed by atoms with E-state index in [4.69, 9.17) is 18.6 Å². The second-order valence-electron chi connectivity index (χ2n) is 7.34. The monoisotopic (exact) mass is 446 g/mol. The summed E-state index contributed by atoms with van der Waals surface area (Å²) >= 11 is 0. The molecule has 5 atom stereocenters. The summed E-state index contributed by atoms with van der Waals surface area (Å²) in [5.41, 5.74) is 0.585. The molecule has 2 heterocycles. The number of fused-ring (bicyclic) bond motifs is 1. The highest BCUT2D eigenvalue weighted by atomic mass is 16.7. The largest absolute Gasteiger partial charge is 0.508 e. The Kier molecular flexibility index (Phi) is 6.04. The van der Waals surface area contributed by atoms with Crippen LogP contribution >= 0.6 is 0 Å². The lowest BCUT2D eigenvalue weighted by molar-refractivity contribution is -0.277. The Morgan fingerprint density at radius 1 is 1.03 bits per heavy atom. The van der Waals surface area contributed by atoms with Crippen molar-refractivity contribution in [1.29, 1.82) is 0 Å². The molecule has 4 rings (SSSR count). The maximum absolute atomic E-state index is 13.0. The lowest BCUT2D eigenvalue weighted by Gasteiger charge is -2.39. The second kappa shape index (κ2) is 8.77. The molecule has 3 aromatic rings. The van der Waals surface area contributed by atoms with Gasteiger partial charge in [-0.05, 0) is 17.7 Å². The maximum atomic E-state index is 13.0. The SMILES string of the molecule is COc1cc(O)cc2occ(-c3ccc(OC4OC(CO)C(O)C(O)C4O)cc3)c(=O)c12. The van der Waals surface area contributed by atoms with Crippen molar-refractivity contribution < 1.29 is 44.2 Å². The van der Waals surface area contributed by atoms with Gasteiger partial charge in [0.05, 0.1) is 19.3 Å². The van der Waals surface area contributed by atoms with E-state index in [1.54, 1.807) is 12.1 Å². The molecule has 5 N–H and O–H groups in total. The van der Waals surface area contributed by atoms with Crippen molar-refractivity contribution in [3.05, 3.63) is 52.9 Å². The molecule has 2 aromatic carbocycles. The molecule has 1 fully saturated rings. The Balaban J connectivity index is 1.61. The van der Waals surface area contributed by atoms with Gasteiger partial charge in [0.15, 0.2) is 0 Å². The van der Waals surface area contributed by atoms with Crippen molar-refractivity contribution in [3.8, 4) is 28.4 Å². The molecule has 32 heavy (non-hydrogen) atoms. The first-order valence-corrected chi connectivity index (χ1v) is 9.74. The van der Waals surface area contributed by atoms with Gasteiger partial charge >= 0.3 is 0 Å². The van der Waals surface area contributed by atoms with E-state index in [1.807, 2.05) is 0 Å². The van der Waals surface area contributed by atoms with Gasteiger partial charge in [-0.25, -0.2) is 0 Å². The zero-order chi connectivity index (χ0) is 23.0. The van der Waals surface area contributed by atoms with Gasteiger partial charge in [0.25, 0.3) is 0 Å². The molecule has 5 unspecified atom stereocenters. The smallest absolute Gasteiger partial charge is 0.229 e. The Morgan fingerprint density at radius 2 is 1.75 bits per heavy atom. The highest BCUT2D eigenvalue weighted by molar-refractivity contribution is 5.88. The van der Waals surface area contributed by atoms with Crippen molar-refractivity contribution in [2.24, 2.45) is 0 Å². The summed E-state index contributed by atoms with van der Waals surface area (Å²) in [6.45, 7) is -0.567. The predicted octanol–water partition coefficient (Wildman–Crippen LogP) is 0.353. The number of phenolic OH excluding ortho intramolecular Hbond substituents is 1. The summed E-state index contributed by atoms with van der Waals surface area (Å²) in [5.74, 6) is 0.337. The van der Waals surface area contributed by atoms with Gasteiger partial charge in [-0.1, -0.05) is 12.1 Å². The summed E-state index contributed by atoms with van der Waals surface area (Å²) in [7, 11) is 1.38. The van der Waals surface area contributed by atoms with Crippen LogP contribution in [0.5, 0.6) is 17.2 Å². The molecule has 1 aromatic heterocycles. The molecular weight excluding hydrogens is 424 g/mol. The van der Waals surface area contributed by atoms with E-state index in [-0.39, 0.29) is 39.2 Å². The van der Waals surface area contributed by atoms with Crippen LogP contribution in [0, 0.1) is 0 Å². The molecule has 170 valence electrons. The molecule has 0 spiro atoms. The number of ether oxygens (including phenoxy) is 3. The van der Waals surface area contributed by atoms with Crippen molar-refractivity contribution in [3.63, 3.8) is 0 Å². The fourth-order valence-electron chi connectivity index (χ4n) is 3.58. The van der Waals surface area contributed by atoms with Gasteiger partial charge in [-0.15, -0.1) is 0 Å². The van der Waals surface area contributed by atoms with Crippen LogP contribution in [0.1, 0.15) is 0 Å². The normalized spacial score (nSPS) is 25.6. The first-order chi connectivity index (χ1) is 15.3. The van der Waals surface area contributed by atoms with Crippen LogP contribution in [-0.4, -0.2) is 70.0 Å². The lowest BCUT2D eigenvalue weighted by atomic mass is 9.99. The zero-order valence-electron chi connectivity index (χ0n) is 16.9. The number of methoxy groups -OCH3 is 1. The van der Waals surface area contributed by atoms with Crippen LogP contribution in [0.15, 0.2) is 51.9 Å². The van der Waals surface area contributed by atoms with Gasteiger partial charge in [-0.3, -0.25) is 4.79 Å². The van der Waals surface area contributed by atoms with Crippen molar-refractivity contribution >= 4 is 11.0 Å². The minimum absolute atomic E-state index is 0.0973. The highest BCUT2D eigenvalue weighted by Gasteiger charge is 2.44. The number of benzene rings is 2. The molecular formula is C22H22O10. The molecule has 10 nitrogen and oxygen atoms in total. The molecule has 1 saturated heterocycles. The van der Waals surface area contributed by atoms with Crippen molar-refractivity contribution in [2.45, 2.75) is 30.7 Å². The van der Waals surface area contributed by atoms with Gasteiger partial charge < -0.3 is 44.2 Å². The molecule has 0 amide bonds. The number of rotatable bonds is 5. The van der Waals surface area contributed by atoms with E-state index < -0.39 is 37.3 Å². The van der Waals surface area contributed by atoms with E-state index in [9.17, 15) is 30.3 Å². The third kappa shape index (κ3) is 3.90. The summed E-state index contributed by atoms with van der Waals surface area (Å²) in [4.78, 5) is 13.0. The standard InChI is InChI=1S/C22H22O10/c1-29-14-6-11(24)7-15-17(14)18(25)13(9-30-15)10-2-4-12(5-3-10)31-22-21(28)20(27)19(26)16(8-23)32-22/h2-7,9,16,19-24,26-28H,8H2,1H3. The summed E-state index contributed by atoms with van der Waals surface area (Å²) in [5, 5.41) is 49.0. The first-order valence-electron chi connectivity index (χ1n) is 9.74. The molecule has 1 aliphatic rings. The Bertz CT molecular complexity index is 1150. The second-order valence-corrected chi connectivity index (χ2v) is 7.34. The van der Waals surface area contributed by atoms with E-state index in [1.165, 1.54) is 37.6 Å². The lowest BCUT2D eigenvalue weighted by Crippen LogP contribution is -2.60. The van der Waals surface area contributed by atoms with E-state index >= 15 is 0 Å². The molecule has 10 heteroatoms. The highest BCUT2D eigenvalue weighted by Crippen LogP contribution is 2.31. The summed E-state index contributed by atoms with van der Waals surface area (Å²) in [6.07, 6.45) is -5.71. The minimum Gasteiger partial charge on any atom is -0.508 e. The fraction of sp³-hybridized carbons (Fsp3) is 0.318. The number of aromatic hydroxyl groups is 1. The third-order valence-electron chi connectivity index (χ3n) is 5.31. The number of aliphatic hydroxyl groups is 4. The maximum Gasteiger partial charge on any atom is 0.229 e. The number of hydrogen-bond acceptors (Lipinski definition) is 10. The van der Waals surface area contributed by atoms with Gasteiger partial charge in [0, 0.05) is 12.1 Å². The van der Waals surface area contributed by atoms with Crippen molar-refractivity contribution in [1.82, 2.24) is 0 Å². The molecule has 0 radical (unpaired) electrons. The van der Waals surface area contributed by atoms with Crippen LogP contribution < -0.4 is 14.9 Å². The van der Waals surface area contributed by atoms with Gasteiger partial charge in [-0.2, -0.15) is 0 Å². The fourth-order valence-corrected chi connectivity index (χ4v) is 3.58. The minimum atomic E-state index is -1.55. The van der Waals surface area contributed by atoms with E-state index in [0.717, 1.165) is 0 Å². The van der Waals surface area contributed by atoms with Crippen LogP contribution in [0.4, 0.5) is 0 Å². The predicted molar refractivity (Wildman–Crippen MR) is 111 cm³/mol. The van der Waals surface area contributed by atoms with Crippen molar-refractivity contribution in [2.75, 3.05) is 13.7 Å². The van der Waals surface area contributed by atoms with Gasteiger partial charge in [0.2, 0.25) is 11.7 Å². The Hall–Kier alpha value is -3.15. The topological polar surface area (TPSA) is 159 Å². The third-order valence-corrected chi connectivity index (χ3v) is 5.31. The Morgan fingerprint density at radius 3 is 2.41 bits per heavy atom. The average Bonchev–Trinajstić information content (AvgIpc) is 2.79. The van der Waals surface area contributed by atoms with Crippen LogP contribution in [-0.2, 0) is 4.74 Å². The summed E-state index contributed by atoms with van der Waals surface area (Å²) < 4.78 is 21.6. The molecule has 0 saturated carbocycles. The molecule has 0 aliphatic carbocycles. The van der Waals surface area contributed by atoms with Gasteiger partial charge in [0.1, 0.15) is 58.9 Å². The average molecular weight is 446 g/mol.